The number of hydrogen-bond donors (Lipinski definition) is 1. The molecular weight excluding hydrogens is 846 g/mol. The van der Waals surface area contributed by atoms with Crippen LogP contribution in [0.1, 0.15) is 296 Å². The van der Waals surface area contributed by atoms with Crippen molar-refractivity contribution >= 4 is 19.8 Å². The molecule has 10 heteroatoms. The van der Waals surface area contributed by atoms with Crippen LogP contribution in [0, 0.1) is 0 Å². The molecule has 0 aliphatic rings. The molecule has 1 N–H and O–H groups in total. The van der Waals surface area contributed by atoms with E-state index in [1.165, 1.54) is 231 Å². The zero-order chi connectivity index (χ0) is 48.5. The molecule has 0 amide bonds. The first-order chi connectivity index (χ1) is 32.0. The van der Waals surface area contributed by atoms with Gasteiger partial charge in [0.05, 0.1) is 27.7 Å². The second kappa shape index (κ2) is 49.0. The van der Waals surface area contributed by atoms with Gasteiger partial charge in [-0.1, -0.05) is 271 Å². The fourth-order valence-corrected chi connectivity index (χ4v) is 9.41. The number of carbonyl (C=O) groups is 2. The number of quaternary nitrogens is 1. The van der Waals surface area contributed by atoms with Crippen LogP contribution in [-0.4, -0.2) is 74.9 Å². The molecule has 9 nitrogen and oxygen atoms in total. The van der Waals surface area contributed by atoms with Crippen LogP contribution in [0.2, 0.25) is 0 Å². The summed E-state index contributed by atoms with van der Waals surface area (Å²) >= 11 is 0. The third kappa shape index (κ3) is 52.4. The van der Waals surface area contributed by atoms with E-state index in [4.69, 9.17) is 18.5 Å². The van der Waals surface area contributed by atoms with Crippen molar-refractivity contribution in [1.82, 2.24) is 0 Å². The molecule has 0 rings (SSSR count). The third-order valence-electron chi connectivity index (χ3n) is 13.1. The van der Waals surface area contributed by atoms with Gasteiger partial charge >= 0.3 is 19.8 Å². The summed E-state index contributed by atoms with van der Waals surface area (Å²) in [7, 11) is 1.50. The zero-order valence-electron chi connectivity index (χ0n) is 44.7. The Hall–Kier alpha value is -0.990. The summed E-state index contributed by atoms with van der Waals surface area (Å²) in [6, 6.07) is 0. The maximum atomic E-state index is 12.8. The Bertz CT molecular complexity index is 1080. The third-order valence-corrected chi connectivity index (χ3v) is 14.1. The SMILES string of the molecule is CCCCCCCCCCCCCCCCCCCCCCCCCCCCCCC(=O)OC(COC(=O)CCCCCCCCCCCCCCCC)COP(=O)(O)OCC[N+](C)(C)C. The minimum atomic E-state index is -4.37. The summed E-state index contributed by atoms with van der Waals surface area (Å²) in [5, 5.41) is 0. The lowest BCUT2D eigenvalue weighted by Gasteiger charge is -2.24. The van der Waals surface area contributed by atoms with Crippen molar-refractivity contribution in [3.8, 4) is 0 Å². The first-order valence-electron chi connectivity index (χ1n) is 28.8. The van der Waals surface area contributed by atoms with Crippen molar-refractivity contribution in [2.45, 2.75) is 302 Å². The van der Waals surface area contributed by atoms with Gasteiger partial charge in [-0.3, -0.25) is 18.6 Å². The molecule has 0 fully saturated rings. The Morgan fingerprint density at radius 3 is 0.970 bits per heavy atom. The molecule has 0 aromatic heterocycles. The molecule has 2 unspecified atom stereocenters. The highest BCUT2D eigenvalue weighted by atomic mass is 31.2. The van der Waals surface area contributed by atoms with Gasteiger partial charge < -0.3 is 18.9 Å². The van der Waals surface area contributed by atoms with E-state index in [0.717, 1.165) is 38.5 Å². The van der Waals surface area contributed by atoms with Crippen molar-refractivity contribution in [3.63, 3.8) is 0 Å². The van der Waals surface area contributed by atoms with E-state index in [1.54, 1.807) is 0 Å². The van der Waals surface area contributed by atoms with E-state index in [9.17, 15) is 19.0 Å². The topological polar surface area (TPSA) is 108 Å². The number of likely N-dealkylation sites (N-methyl/N-ethyl adjacent to an activating group) is 1. The minimum absolute atomic E-state index is 0.0373. The number of hydrogen-bond acceptors (Lipinski definition) is 7. The molecule has 0 saturated carbocycles. The normalized spacial score (nSPS) is 13.2. The highest BCUT2D eigenvalue weighted by Crippen LogP contribution is 2.43. The predicted molar refractivity (Wildman–Crippen MR) is 280 cm³/mol. The van der Waals surface area contributed by atoms with Gasteiger partial charge in [0, 0.05) is 12.8 Å². The van der Waals surface area contributed by atoms with E-state index in [1.807, 2.05) is 21.1 Å². The summed E-state index contributed by atoms with van der Waals surface area (Å²) in [5.74, 6) is -0.776. The lowest BCUT2D eigenvalue weighted by Crippen LogP contribution is -2.37. The Morgan fingerprint density at radius 2 is 0.682 bits per heavy atom. The molecule has 0 heterocycles. The largest absolute Gasteiger partial charge is 0.472 e. The molecule has 0 bridgehead atoms. The van der Waals surface area contributed by atoms with Gasteiger partial charge in [-0.25, -0.2) is 4.57 Å². The van der Waals surface area contributed by atoms with Crippen molar-refractivity contribution in [1.29, 1.82) is 0 Å². The molecule has 2 atom stereocenters. The molecule has 0 spiro atoms. The number of phosphoric acid groups is 1. The molecule has 0 aliphatic heterocycles. The molecule has 0 radical (unpaired) electrons. The Morgan fingerprint density at radius 1 is 0.409 bits per heavy atom. The van der Waals surface area contributed by atoms with Crippen molar-refractivity contribution in [3.05, 3.63) is 0 Å². The lowest BCUT2D eigenvalue weighted by molar-refractivity contribution is -0.870. The van der Waals surface area contributed by atoms with E-state index >= 15 is 0 Å². The van der Waals surface area contributed by atoms with Gasteiger partial charge in [0.15, 0.2) is 6.10 Å². The van der Waals surface area contributed by atoms with Crippen LogP contribution in [0.25, 0.3) is 0 Å². The van der Waals surface area contributed by atoms with Crippen molar-refractivity contribution in [2.24, 2.45) is 0 Å². The summed E-state index contributed by atoms with van der Waals surface area (Å²) in [6.45, 7) is 4.50. The van der Waals surface area contributed by atoms with Gasteiger partial charge in [-0.15, -0.1) is 0 Å². The van der Waals surface area contributed by atoms with Crippen molar-refractivity contribution in [2.75, 3.05) is 47.5 Å². The second-order valence-corrected chi connectivity index (χ2v) is 22.5. The molecule has 0 aliphatic carbocycles. The van der Waals surface area contributed by atoms with Crippen LogP contribution >= 0.6 is 7.82 Å². The van der Waals surface area contributed by atoms with Gasteiger partial charge in [0.2, 0.25) is 0 Å². The average molecular weight is 959 g/mol. The summed E-state index contributed by atoms with van der Waals surface area (Å²) < 4.78 is 34.5. The first kappa shape index (κ1) is 65.0. The molecular formula is C56H113NO8P+. The zero-order valence-corrected chi connectivity index (χ0v) is 45.6. The van der Waals surface area contributed by atoms with E-state index < -0.39 is 26.5 Å². The Kier molecular flexibility index (Phi) is 48.3. The highest BCUT2D eigenvalue weighted by molar-refractivity contribution is 7.47. The van der Waals surface area contributed by atoms with Gasteiger partial charge in [0.1, 0.15) is 19.8 Å². The average Bonchev–Trinajstić information content (AvgIpc) is 3.27. The Balaban J connectivity index is 4.03. The maximum absolute atomic E-state index is 12.8. The second-order valence-electron chi connectivity index (χ2n) is 21.0. The number of rotatable bonds is 54. The number of carbonyl (C=O) groups excluding carboxylic acids is 2. The van der Waals surface area contributed by atoms with E-state index in [2.05, 4.69) is 13.8 Å². The molecule has 394 valence electrons. The number of phosphoric ester groups is 1. The fourth-order valence-electron chi connectivity index (χ4n) is 8.67. The van der Waals surface area contributed by atoms with Gasteiger partial charge in [0.25, 0.3) is 0 Å². The smallest absolute Gasteiger partial charge is 0.462 e. The van der Waals surface area contributed by atoms with E-state index in [-0.39, 0.29) is 25.6 Å². The van der Waals surface area contributed by atoms with Gasteiger partial charge in [-0.05, 0) is 12.8 Å². The quantitative estimate of drug-likeness (QED) is 0.0278. The van der Waals surface area contributed by atoms with Gasteiger partial charge in [-0.2, -0.15) is 0 Å². The lowest BCUT2D eigenvalue weighted by atomic mass is 10.0. The maximum Gasteiger partial charge on any atom is 0.472 e. The standard InChI is InChI=1S/C56H112NO8P/c1-6-8-10-12-14-16-18-20-22-23-24-25-26-27-28-29-30-31-32-33-34-35-37-39-41-43-45-47-49-56(59)65-54(53-64-66(60,61)63-51-50-57(3,4)5)52-62-55(58)48-46-44-42-40-38-36-21-19-17-15-13-11-9-7-2/h54H,6-53H2,1-5H3/p+1. The Labute approximate surface area is 410 Å². The first-order valence-corrected chi connectivity index (χ1v) is 30.3. The predicted octanol–water partition coefficient (Wildman–Crippen LogP) is 17.5. The molecule has 0 aromatic carbocycles. The summed E-state index contributed by atoms with van der Waals surface area (Å²) in [6.07, 6.45) is 54.6. The highest BCUT2D eigenvalue weighted by Gasteiger charge is 2.27. The number of ether oxygens (including phenoxy) is 2. The fraction of sp³-hybridized carbons (Fsp3) is 0.964. The van der Waals surface area contributed by atoms with E-state index in [0.29, 0.717) is 17.4 Å². The van der Waals surface area contributed by atoms with Crippen LogP contribution < -0.4 is 0 Å². The molecule has 0 aromatic rings. The number of unbranched alkanes of at least 4 members (excludes halogenated alkanes) is 40. The number of nitrogens with zero attached hydrogens (tertiary/aromatic N) is 1. The van der Waals surface area contributed by atoms with Crippen LogP contribution in [0.3, 0.4) is 0 Å². The molecule has 66 heavy (non-hydrogen) atoms. The van der Waals surface area contributed by atoms with Crippen LogP contribution in [0.15, 0.2) is 0 Å². The molecule has 0 saturated heterocycles. The monoisotopic (exact) mass is 959 g/mol. The van der Waals surface area contributed by atoms with Crippen molar-refractivity contribution < 1.29 is 42.1 Å². The minimum Gasteiger partial charge on any atom is -0.462 e. The van der Waals surface area contributed by atoms with Crippen LogP contribution in [0.5, 0.6) is 0 Å². The summed E-state index contributed by atoms with van der Waals surface area (Å²) in [5.41, 5.74) is 0. The number of esters is 2. The summed E-state index contributed by atoms with van der Waals surface area (Å²) in [4.78, 5) is 35.6. The van der Waals surface area contributed by atoms with Crippen LogP contribution in [0.4, 0.5) is 0 Å². The van der Waals surface area contributed by atoms with Crippen LogP contribution in [-0.2, 0) is 32.7 Å².